The van der Waals surface area contributed by atoms with Crippen molar-refractivity contribution in [3.8, 4) is 0 Å². The largest absolute Gasteiger partial charge is 0.383 e. The van der Waals surface area contributed by atoms with Gasteiger partial charge in [-0.3, -0.25) is 4.79 Å². The predicted octanol–water partition coefficient (Wildman–Crippen LogP) is 4.52. The van der Waals surface area contributed by atoms with E-state index in [1.807, 2.05) is 31.2 Å². The molecule has 0 radical (unpaired) electrons. The fourth-order valence-corrected chi connectivity index (χ4v) is 1.90. The van der Waals surface area contributed by atoms with Crippen molar-refractivity contribution >= 4 is 11.5 Å². The van der Waals surface area contributed by atoms with Gasteiger partial charge in [0, 0.05) is 23.7 Å². The molecule has 1 atom stereocenters. The first kappa shape index (κ1) is 14.7. The van der Waals surface area contributed by atoms with Crippen LogP contribution in [0.3, 0.4) is 0 Å². The highest BCUT2D eigenvalue weighted by molar-refractivity contribution is 5.96. The van der Waals surface area contributed by atoms with E-state index >= 15 is 0 Å². The van der Waals surface area contributed by atoms with Crippen LogP contribution in [0.5, 0.6) is 0 Å². The molecule has 2 nitrogen and oxygen atoms in total. The van der Waals surface area contributed by atoms with Crippen LogP contribution in [0.1, 0.15) is 57.3 Å². The second-order valence-electron chi connectivity index (χ2n) is 5.37. The molecule has 0 fully saturated rings. The van der Waals surface area contributed by atoms with E-state index in [-0.39, 0.29) is 5.78 Å². The first-order valence-electron chi connectivity index (χ1n) is 6.92. The Labute approximate surface area is 111 Å². The van der Waals surface area contributed by atoms with E-state index in [9.17, 15) is 4.79 Å². The van der Waals surface area contributed by atoms with E-state index in [4.69, 9.17) is 0 Å². The van der Waals surface area contributed by atoms with Crippen molar-refractivity contribution in [3.05, 3.63) is 29.8 Å². The Kier molecular flexibility index (Phi) is 5.90. The fraction of sp³-hybridized carbons (Fsp3) is 0.562. The number of hydrogen-bond acceptors (Lipinski definition) is 2. The summed E-state index contributed by atoms with van der Waals surface area (Å²) in [5.74, 6) is 0.952. The zero-order valence-electron chi connectivity index (χ0n) is 12.0. The lowest BCUT2D eigenvalue weighted by atomic mass is 10.0. The molecule has 2 heteroatoms. The van der Waals surface area contributed by atoms with Gasteiger partial charge < -0.3 is 5.32 Å². The summed E-state index contributed by atoms with van der Waals surface area (Å²) in [5.41, 5.74) is 1.90. The third-order valence-corrected chi connectivity index (χ3v) is 3.12. The summed E-state index contributed by atoms with van der Waals surface area (Å²) in [4.78, 5) is 11.5. The molecule has 1 N–H and O–H groups in total. The highest BCUT2D eigenvalue weighted by atomic mass is 16.1. The Hall–Kier alpha value is -1.31. The lowest BCUT2D eigenvalue weighted by Crippen LogP contribution is -2.15. The van der Waals surface area contributed by atoms with Gasteiger partial charge in [0.1, 0.15) is 0 Å². The molecule has 1 rings (SSSR count). The van der Waals surface area contributed by atoms with Crippen molar-refractivity contribution < 1.29 is 4.79 Å². The van der Waals surface area contributed by atoms with Gasteiger partial charge in [0.2, 0.25) is 0 Å². The zero-order valence-corrected chi connectivity index (χ0v) is 12.0. The standard InChI is InChI=1S/C16H25NO/c1-5-16(18)14-8-10-15(11-9-14)17-13(4)7-6-12(2)3/h8-13,17H,5-7H2,1-4H3. The van der Waals surface area contributed by atoms with Gasteiger partial charge in [-0.15, -0.1) is 0 Å². The quantitative estimate of drug-likeness (QED) is 0.718. The molecule has 1 aromatic rings. The molecule has 0 saturated heterocycles. The fourth-order valence-electron chi connectivity index (χ4n) is 1.90. The highest BCUT2D eigenvalue weighted by Gasteiger charge is 2.05. The minimum absolute atomic E-state index is 0.203. The van der Waals surface area contributed by atoms with Crippen LogP contribution in [-0.4, -0.2) is 11.8 Å². The smallest absolute Gasteiger partial charge is 0.162 e. The highest BCUT2D eigenvalue weighted by Crippen LogP contribution is 2.15. The Balaban J connectivity index is 2.50. The Morgan fingerprint density at radius 2 is 1.72 bits per heavy atom. The SMILES string of the molecule is CCC(=O)c1ccc(NC(C)CCC(C)C)cc1. The van der Waals surface area contributed by atoms with Crippen LogP contribution in [0.25, 0.3) is 0 Å². The van der Waals surface area contributed by atoms with E-state index in [0.29, 0.717) is 12.5 Å². The van der Waals surface area contributed by atoms with Gasteiger partial charge >= 0.3 is 0 Å². The summed E-state index contributed by atoms with van der Waals surface area (Å²) in [6.07, 6.45) is 2.98. The number of carbonyl (C=O) groups is 1. The summed E-state index contributed by atoms with van der Waals surface area (Å²) in [6, 6.07) is 8.27. The Bertz CT molecular complexity index is 367. The first-order chi connectivity index (χ1) is 8.52. The molecule has 0 spiro atoms. The van der Waals surface area contributed by atoms with Crippen LogP contribution in [0.2, 0.25) is 0 Å². The summed E-state index contributed by atoms with van der Waals surface area (Å²) in [5, 5.41) is 3.47. The van der Waals surface area contributed by atoms with Gasteiger partial charge in [-0.25, -0.2) is 0 Å². The number of ketones is 1. The number of anilines is 1. The minimum atomic E-state index is 0.203. The van der Waals surface area contributed by atoms with Crippen molar-refractivity contribution in [1.82, 2.24) is 0 Å². The van der Waals surface area contributed by atoms with Crippen LogP contribution in [0.4, 0.5) is 5.69 Å². The van der Waals surface area contributed by atoms with Crippen molar-refractivity contribution in [2.24, 2.45) is 5.92 Å². The number of carbonyl (C=O) groups excluding carboxylic acids is 1. The molecular weight excluding hydrogens is 222 g/mol. The number of nitrogens with one attached hydrogen (secondary N) is 1. The van der Waals surface area contributed by atoms with Crippen molar-refractivity contribution in [2.75, 3.05) is 5.32 Å². The maximum Gasteiger partial charge on any atom is 0.162 e. The molecule has 18 heavy (non-hydrogen) atoms. The first-order valence-corrected chi connectivity index (χ1v) is 6.92. The lowest BCUT2D eigenvalue weighted by Gasteiger charge is -2.16. The summed E-state index contributed by atoms with van der Waals surface area (Å²) >= 11 is 0. The summed E-state index contributed by atoms with van der Waals surface area (Å²) < 4.78 is 0. The van der Waals surface area contributed by atoms with Crippen molar-refractivity contribution in [3.63, 3.8) is 0 Å². The molecule has 1 aromatic carbocycles. The van der Waals surface area contributed by atoms with Crippen LogP contribution in [0.15, 0.2) is 24.3 Å². The molecule has 0 aromatic heterocycles. The molecule has 0 aliphatic carbocycles. The molecule has 0 aliphatic heterocycles. The van der Waals surface area contributed by atoms with Crippen LogP contribution in [0, 0.1) is 5.92 Å². The second kappa shape index (κ2) is 7.20. The van der Waals surface area contributed by atoms with E-state index in [2.05, 4.69) is 26.1 Å². The number of Topliss-reactive ketones (excluding diaryl/α,β-unsaturated/α-hetero) is 1. The molecule has 0 amide bonds. The zero-order chi connectivity index (χ0) is 13.5. The Morgan fingerprint density at radius 1 is 1.11 bits per heavy atom. The molecule has 100 valence electrons. The number of benzene rings is 1. The summed E-state index contributed by atoms with van der Waals surface area (Å²) in [6.45, 7) is 8.59. The monoisotopic (exact) mass is 247 g/mol. The molecule has 0 heterocycles. The van der Waals surface area contributed by atoms with Crippen LogP contribution in [-0.2, 0) is 0 Å². The normalized spacial score (nSPS) is 12.5. The third kappa shape index (κ3) is 4.91. The average Bonchev–Trinajstić information content (AvgIpc) is 2.36. The van der Waals surface area contributed by atoms with Gasteiger partial charge in [0.05, 0.1) is 0 Å². The maximum absolute atomic E-state index is 11.5. The molecule has 0 aliphatic rings. The minimum Gasteiger partial charge on any atom is -0.383 e. The van der Waals surface area contributed by atoms with Crippen molar-refractivity contribution in [1.29, 1.82) is 0 Å². The van der Waals surface area contributed by atoms with Gasteiger partial charge in [-0.2, -0.15) is 0 Å². The lowest BCUT2D eigenvalue weighted by molar-refractivity contribution is 0.0988. The Morgan fingerprint density at radius 3 is 2.22 bits per heavy atom. The van der Waals surface area contributed by atoms with E-state index in [1.165, 1.54) is 12.8 Å². The maximum atomic E-state index is 11.5. The van der Waals surface area contributed by atoms with Crippen LogP contribution < -0.4 is 5.32 Å². The molecule has 1 unspecified atom stereocenters. The predicted molar refractivity (Wildman–Crippen MR) is 78.2 cm³/mol. The number of hydrogen-bond donors (Lipinski definition) is 1. The van der Waals surface area contributed by atoms with Crippen molar-refractivity contribution in [2.45, 2.75) is 53.0 Å². The summed E-state index contributed by atoms with van der Waals surface area (Å²) in [7, 11) is 0. The van der Waals surface area contributed by atoms with E-state index < -0.39 is 0 Å². The molecule has 0 bridgehead atoms. The number of rotatable bonds is 7. The third-order valence-electron chi connectivity index (χ3n) is 3.12. The van der Waals surface area contributed by atoms with E-state index in [1.54, 1.807) is 0 Å². The van der Waals surface area contributed by atoms with Crippen LogP contribution >= 0.6 is 0 Å². The van der Waals surface area contributed by atoms with Gasteiger partial charge in [0.15, 0.2) is 5.78 Å². The van der Waals surface area contributed by atoms with Gasteiger partial charge in [0.25, 0.3) is 0 Å². The molecule has 0 saturated carbocycles. The second-order valence-corrected chi connectivity index (χ2v) is 5.37. The van der Waals surface area contributed by atoms with Gasteiger partial charge in [-0.05, 0) is 49.9 Å². The average molecular weight is 247 g/mol. The topological polar surface area (TPSA) is 29.1 Å². The van der Waals surface area contributed by atoms with Gasteiger partial charge in [-0.1, -0.05) is 20.8 Å². The molecular formula is C16H25NO. The van der Waals surface area contributed by atoms with E-state index in [0.717, 1.165) is 17.2 Å².